The van der Waals surface area contributed by atoms with E-state index in [0.717, 1.165) is 16.9 Å². The van der Waals surface area contributed by atoms with Crippen LogP contribution in [0.25, 0.3) is 10.1 Å². The maximum absolute atomic E-state index is 6.18. The fourth-order valence-electron chi connectivity index (χ4n) is 2.34. The second-order valence-electron chi connectivity index (χ2n) is 4.93. The van der Waals surface area contributed by atoms with Crippen LogP contribution < -0.4 is 10.5 Å². The highest BCUT2D eigenvalue weighted by atomic mass is 35.5. The molecule has 108 valence electrons. The SMILES string of the molecule is Cc1ccc(Cl)c(OCc2c(CN)sc3ccccc23)c1. The van der Waals surface area contributed by atoms with Crippen LogP contribution in [0.2, 0.25) is 5.02 Å². The zero-order valence-corrected chi connectivity index (χ0v) is 13.3. The van der Waals surface area contributed by atoms with Gasteiger partial charge in [-0.3, -0.25) is 0 Å². The van der Waals surface area contributed by atoms with E-state index in [9.17, 15) is 0 Å². The third-order valence-corrected chi connectivity index (χ3v) is 4.97. The first-order valence-corrected chi connectivity index (χ1v) is 7.97. The van der Waals surface area contributed by atoms with Crippen LogP contribution in [0.1, 0.15) is 16.0 Å². The Kier molecular flexibility index (Phi) is 4.15. The summed E-state index contributed by atoms with van der Waals surface area (Å²) < 4.78 is 7.17. The fraction of sp³-hybridized carbons (Fsp3) is 0.176. The number of thiophene rings is 1. The molecule has 0 aliphatic rings. The summed E-state index contributed by atoms with van der Waals surface area (Å²) in [6.07, 6.45) is 0. The van der Waals surface area contributed by atoms with Crippen molar-refractivity contribution in [1.82, 2.24) is 0 Å². The molecule has 3 aromatic rings. The molecule has 0 fully saturated rings. The van der Waals surface area contributed by atoms with Crippen LogP contribution in [0.3, 0.4) is 0 Å². The molecule has 21 heavy (non-hydrogen) atoms. The maximum atomic E-state index is 6.18. The first-order chi connectivity index (χ1) is 10.2. The maximum Gasteiger partial charge on any atom is 0.138 e. The van der Waals surface area contributed by atoms with E-state index in [1.54, 1.807) is 11.3 Å². The number of halogens is 1. The predicted octanol–water partition coefficient (Wildman–Crippen LogP) is 4.90. The van der Waals surface area contributed by atoms with Crippen LogP contribution >= 0.6 is 22.9 Å². The van der Waals surface area contributed by atoms with Crippen molar-refractivity contribution in [2.75, 3.05) is 0 Å². The zero-order valence-electron chi connectivity index (χ0n) is 11.7. The summed E-state index contributed by atoms with van der Waals surface area (Å²) in [6.45, 7) is 3.04. The highest BCUT2D eigenvalue weighted by molar-refractivity contribution is 7.19. The highest BCUT2D eigenvalue weighted by Crippen LogP contribution is 2.33. The van der Waals surface area contributed by atoms with Gasteiger partial charge in [0.15, 0.2) is 0 Å². The predicted molar refractivity (Wildman–Crippen MR) is 90.2 cm³/mol. The van der Waals surface area contributed by atoms with Gasteiger partial charge in [0.25, 0.3) is 0 Å². The van der Waals surface area contributed by atoms with E-state index in [-0.39, 0.29) is 0 Å². The minimum absolute atomic E-state index is 0.486. The average molecular weight is 318 g/mol. The topological polar surface area (TPSA) is 35.2 Å². The number of fused-ring (bicyclic) bond motifs is 1. The zero-order chi connectivity index (χ0) is 14.8. The summed E-state index contributed by atoms with van der Waals surface area (Å²) in [6, 6.07) is 14.1. The lowest BCUT2D eigenvalue weighted by Gasteiger charge is -2.10. The third kappa shape index (κ3) is 2.91. The molecular weight excluding hydrogens is 302 g/mol. The summed E-state index contributed by atoms with van der Waals surface area (Å²) in [5.41, 5.74) is 8.16. The molecule has 0 saturated heterocycles. The van der Waals surface area contributed by atoms with Gasteiger partial charge >= 0.3 is 0 Å². The molecule has 0 saturated carbocycles. The summed E-state index contributed by atoms with van der Waals surface area (Å²) in [4.78, 5) is 1.17. The van der Waals surface area contributed by atoms with Gasteiger partial charge in [0.05, 0.1) is 5.02 Å². The fourth-order valence-corrected chi connectivity index (χ4v) is 3.60. The molecule has 2 aromatic carbocycles. The minimum atomic E-state index is 0.486. The Balaban J connectivity index is 1.93. The van der Waals surface area contributed by atoms with Crippen molar-refractivity contribution in [3.8, 4) is 5.75 Å². The normalized spacial score (nSPS) is 11.0. The van der Waals surface area contributed by atoms with Gasteiger partial charge in [0, 0.05) is 21.7 Å². The Labute approximate surface area is 133 Å². The summed E-state index contributed by atoms with van der Waals surface area (Å²) in [5.74, 6) is 0.718. The first kappa shape index (κ1) is 14.4. The van der Waals surface area contributed by atoms with E-state index in [1.807, 2.05) is 37.3 Å². The second kappa shape index (κ2) is 6.06. The Morgan fingerprint density at radius 3 is 2.81 bits per heavy atom. The third-order valence-electron chi connectivity index (χ3n) is 3.43. The van der Waals surface area contributed by atoms with Crippen LogP contribution in [-0.4, -0.2) is 0 Å². The molecule has 1 aromatic heterocycles. The number of aryl methyl sites for hydroxylation is 1. The molecule has 4 heteroatoms. The highest BCUT2D eigenvalue weighted by Gasteiger charge is 2.12. The van der Waals surface area contributed by atoms with Gasteiger partial charge in [-0.15, -0.1) is 11.3 Å². The van der Waals surface area contributed by atoms with E-state index < -0.39 is 0 Å². The van der Waals surface area contributed by atoms with Crippen molar-refractivity contribution >= 4 is 33.0 Å². The molecular formula is C17H16ClNOS. The Morgan fingerprint density at radius 2 is 2.00 bits per heavy atom. The first-order valence-electron chi connectivity index (χ1n) is 6.77. The van der Waals surface area contributed by atoms with Crippen molar-refractivity contribution in [3.05, 3.63) is 63.5 Å². The quantitative estimate of drug-likeness (QED) is 0.742. The molecule has 1 heterocycles. The molecule has 0 amide bonds. The van der Waals surface area contributed by atoms with Crippen molar-refractivity contribution in [1.29, 1.82) is 0 Å². The van der Waals surface area contributed by atoms with Gasteiger partial charge in [-0.2, -0.15) is 0 Å². The van der Waals surface area contributed by atoms with E-state index in [2.05, 4.69) is 12.1 Å². The summed E-state index contributed by atoms with van der Waals surface area (Å²) in [7, 11) is 0. The number of benzene rings is 2. The lowest BCUT2D eigenvalue weighted by atomic mass is 10.1. The monoisotopic (exact) mass is 317 g/mol. The van der Waals surface area contributed by atoms with Gasteiger partial charge < -0.3 is 10.5 Å². The number of hydrogen-bond donors (Lipinski definition) is 1. The number of hydrogen-bond acceptors (Lipinski definition) is 3. The van der Waals surface area contributed by atoms with Crippen molar-refractivity contribution in [3.63, 3.8) is 0 Å². The number of ether oxygens (including phenoxy) is 1. The number of rotatable bonds is 4. The van der Waals surface area contributed by atoms with Crippen molar-refractivity contribution < 1.29 is 4.74 Å². The lowest BCUT2D eigenvalue weighted by Crippen LogP contribution is -2.02. The molecule has 0 unspecified atom stereocenters. The molecule has 0 spiro atoms. The van der Waals surface area contributed by atoms with Crippen LogP contribution in [0.15, 0.2) is 42.5 Å². The summed E-state index contributed by atoms with van der Waals surface area (Å²) >= 11 is 7.91. The number of nitrogens with two attached hydrogens (primary N) is 1. The average Bonchev–Trinajstić information content (AvgIpc) is 2.86. The largest absolute Gasteiger partial charge is 0.487 e. The molecule has 2 N–H and O–H groups in total. The molecule has 0 atom stereocenters. The van der Waals surface area contributed by atoms with Crippen LogP contribution in [0, 0.1) is 6.92 Å². The standard InChI is InChI=1S/C17H16ClNOS/c1-11-6-7-14(18)15(8-11)20-10-13-12-4-2-3-5-16(12)21-17(13)9-19/h2-8H,9-10,19H2,1H3. The molecule has 0 bridgehead atoms. The summed E-state index contributed by atoms with van der Waals surface area (Å²) in [5, 5.41) is 1.85. The Morgan fingerprint density at radius 1 is 1.19 bits per heavy atom. The van der Waals surface area contributed by atoms with E-state index >= 15 is 0 Å². The molecule has 0 radical (unpaired) electrons. The van der Waals surface area contributed by atoms with Gasteiger partial charge in [0.1, 0.15) is 12.4 Å². The van der Waals surface area contributed by atoms with Crippen molar-refractivity contribution in [2.24, 2.45) is 5.73 Å². The molecule has 0 aliphatic carbocycles. The molecule has 0 aliphatic heterocycles. The van der Waals surface area contributed by atoms with Gasteiger partial charge in [-0.25, -0.2) is 0 Å². The van der Waals surface area contributed by atoms with Gasteiger partial charge in [0.2, 0.25) is 0 Å². The van der Waals surface area contributed by atoms with Crippen LogP contribution in [0.4, 0.5) is 0 Å². The molecule has 2 nitrogen and oxygen atoms in total. The van der Waals surface area contributed by atoms with Gasteiger partial charge in [-0.05, 0) is 36.1 Å². The van der Waals surface area contributed by atoms with E-state index in [0.29, 0.717) is 18.2 Å². The van der Waals surface area contributed by atoms with Crippen LogP contribution in [0.5, 0.6) is 5.75 Å². The lowest BCUT2D eigenvalue weighted by molar-refractivity contribution is 0.307. The molecule has 3 rings (SSSR count). The minimum Gasteiger partial charge on any atom is -0.487 e. The van der Waals surface area contributed by atoms with E-state index in [4.69, 9.17) is 22.1 Å². The van der Waals surface area contributed by atoms with Gasteiger partial charge in [-0.1, -0.05) is 35.9 Å². The van der Waals surface area contributed by atoms with Crippen molar-refractivity contribution in [2.45, 2.75) is 20.1 Å². The second-order valence-corrected chi connectivity index (χ2v) is 6.47. The smallest absolute Gasteiger partial charge is 0.138 e. The van der Waals surface area contributed by atoms with Crippen LogP contribution in [-0.2, 0) is 13.2 Å². The Hall–Kier alpha value is -1.55. The van der Waals surface area contributed by atoms with E-state index in [1.165, 1.54) is 15.0 Å². The Bertz CT molecular complexity index is 782.